The van der Waals surface area contributed by atoms with Gasteiger partial charge in [0.05, 0.1) is 0 Å². The van der Waals surface area contributed by atoms with Crippen LogP contribution < -0.4 is 0 Å². The van der Waals surface area contributed by atoms with Crippen molar-refractivity contribution in [3.05, 3.63) is 41.7 Å². The lowest BCUT2D eigenvalue weighted by atomic mass is 10.2. The molecule has 1 aromatic carbocycles. The Hall–Kier alpha value is -0.850. The molecule has 0 bridgehead atoms. The summed E-state index contributed by atoms with van der Waals surface area (Å²) in [6.07, 6.45) is 5.03. The summed E-state index contributed by atoms with van der Waals surface area (Å²) in [6, 6.07) is 9.60. The number of unbranched alkanes of at least 4 members (excludes halogenated alkanes) is 2. The molecule has 88 valence electrons. The van der Waals surface area contributed by atoms with Crippen molar-refractivity contribution >= 4 is 13.4 Å². The lowest BCUT2D eigenvalue weighted by Crippen LogP contribution is -1.86. The highest BCUT2D eigenvalue weighted by molar-refractivity contribution is 7.61. The molecule has 0 aliphatic rings. The summed E-state index contributed by atoms with van der Waals surface area (Å²) in [5.41, 5.74) is 0.965. The Kier molecular flexibility index (Phi) is 5.51. The largest absolute Gasteiger partial charge is 0.341 e. The molecule has 0 saturated heterocycles. The minimum Gasteiger partial charge on any atom is -0.341 e. The van der Waals surface area contributed by atoms with E-state index in [4.69, 9.17) is 0 Å². The van der Waals surface area contributed by atoms with Crippen molar-refractivity contribution < 1.29 is 9.46 Å². The van der Waals surface area contributed by atoms with Crippen LogP contribution in [0.1, 0.15) is 31.7 Å². The maximum atomic E-state index is 11.7. The molecule has 1 unspecified atom stereocenters. The normalized spacial score (nSPS) is 15.1. The molecule has 1 atom stereocenters. The van der Waals surface area contributed by atoms with Crippen molar-refractivity contribution in [1.82, 2.24) is 0 Å². The Morgan fingerprint density at radius 1 is 1.25 bits per heavy atom. The van der Waals surface area contributed by atoms with Gasteiger partial charge in [0.15, 0.2) is 0 Å². The van der Waals surface area contributed by atoms with Gasteiger partial charge in [-0.1, -0.05) is 50.1 Å². The van der Waals surface area contributed by atoms with Crippen LogP contribution >= 0.6 is 7.37 Å². The van der Waals surface area contributed by atoms with E-state index in [9.17, 15) is 9.46 Å². The van der Waals surface area contributed by atoms with Gasteiger partial charge in [0.25, 0.3) is 0 Å². The van der Waals surface area contributed by atoms with Crippen LogP contribution in [0.3, 0.4) is 0 Å². The third-order valence-corrected chi connectivity index (χ3v) is 3.95. The van der Waals surface area contributed by atoms with Gasteiger partial charge in [0.1, 0.15) is 0 Å². The van der Waals surface area contributed by atoms with Crippen molar-refractivity contribution in [2.24, 2.45) is 0 Å². The third-order valence-electron chi connectivity index (χ3n) is 2.38. The fourth-order valence-electron chi connectivity index (χ4n) is 1.43. The standard InChI is InChI=1S/C13H19O2P/c1-2-3-7-11-16(14,15)12-10-13-8-5-4-6-9-13/h4-6,8-10,12H,2-3,7,11H2,1H3,(H,14,15). The molecular weight excluding hydrogens is 219 g/mol. The second-order valence-electron chi connectivity index (χ2n) is 3.91. The molecule has 0 spiro atoms. The van der Waals surface area contributed by atoms with E-state index in [-0.39, 0.29) is 0 Å². The fraction of sp³-hybridized carbons (Fsp3) is 0.385. The van der Waals surface area contributed by atoms with Gasteiger partial charge in [0.2, 0.25) is 7.37 Å². The van der Waals surface area contributed by atoms with Crippen molar-refractivity contribution in [3.8, 4) is 0 Å². The highest BCUT2D eigenvalue weighted by atomic mass is 31.2. The molecule has 1 aromatic rings. The molecule has 0 aliphatic carbocycles. The topological polar surface area (TPSA) is 37.3 Å². The first-order valence-corrected chi connectivity index (χ1v) is 7.61. The summed E-state index contributed by atoms with van der Waals surface area (Å²) in [5.74, 6) is 1.46. The van der Waals surface area contributed by atoms with E-state index in [1.165, 1.54) is 5.82 Å². The van der Waals surface area contributed by atoms with Crippen LogP contribution in [0, 0.1) is 0 Å². The lowest BCUT2D eigenvalue weighted by molar-refractivity contribution is 0.486. The van der Waals surface area contributed by atoms with Crippen molar-refractivity contribution in [2.75, 3.05) is 6.16 Å². The zero-order chi connectivity index (χ0) is 11.9. The Labute approximate surface area is 97.5 Å². The van der Waals surface area contributed by atoms with E-state index in [1.807, 2.05) is 30.3 Å². The summed E-state index contributed by atoms with van der Waals surface area (Å²) in [6.45, 7) is 2.09. The summed E-state index contributed by atoms with van der Waals surface area (Å²) < 4.78 is 11.7. The Balaban J connectivity index is 2.52. The Morgan fingerprint density at radius 2 is 1.94 bits per heavy atom. The summed E-state index contributed by atoms with van der Waals surface area (Å²) in [5, 5.41) is 0. The third kappa shape index (κ3) is 5.29. The molecule has 0 heterocycles. The SMILES string of the molecule is CCCCCP(=O)(O)C=Cc1ccccc1. The average molecular weight is 238 g/mol. The molecule has 0 saturated carbocycles. The summed E-state index contributed by atoms with van der Waals surface area (Å²) in [7, 11) is -3.07. The molecule has 1 N–H and O–H groups in total. The van der Waals surface area contributed by atoms with Gasteiger partial charge in [-0.25, -0.2) is 0 Å². The van der Waals surface area contributed by atoms with Crippen LogP contribution in [0.5, 0.6) is 0 Å². The monoisotopic (exact) mass is 238 g/mol. The van der Waals surface area contributed by atoms with Crippen molar-refractivity contribution in [2.45, 2.75) is 26.2 Å². The maximum Gasteiger partial charge on any atom is 0.222 e. The van der Waals surface area contributed by atoms with E-state index in [0.29, 0.717) is 6.16 Å². The number of benzene rings is 1. The summed E-state index contributed by atoms with van der Waals surface area (Å²) in [4.78, 5) is 9.67. The zero-order valence-electron chi connectivity index (χ0n) is 9.67. The van der Waals surface area contributed by atoms with Gasteiger partial charge in [0, 0.05) is 12.0 Å². The summed E-state index contributed by atoms with van der Waals surface area (Å²) >= 11 is 0. The van der Waals surface area contributed by atoms with Crippen LogP contribution in [0.25, 0.3) is 6.08 Å². The van der Waals surface area contributed by atoms with E-state index >= 15 is 0 Å². The fourth-order valence-corrected chi connectivity index (χ4v) is 2.66. The quantitative estimate of drug-likeness (QED) is 0.598. The predicted molar refractivity (Wildman–Crippen MR) is 69.7 cm³/mol. The van der Waals surface area contributed by atoms with E-state index in [0.717, 1.165) is 24.8 Å². The van der Waals surface area contributed by atoms with Gasteiger partial charge in [-0.15, -0.1) is 0 Å². The van der Waals surface area contributed by atoms with Crippen molar-refractivity contribution in [1.29, 1.82) is 0 Å². The molecule has 2 nitrogen and oxygen atoms in total. The first-order chi connectivity index (χ1) is 7.64. The van der Waals surface area contributed by atoms with Crippen LogP contribution in [-0.2, 0) is 4.57 Å². The van der Waals surface area contributed by atoms with Gasteiger partial charge < -0.3 is 4.89 Å². The zero-order valence-corrected chi connectivity index (χ0v) is 10.6. The molecule has 0 radical (unpaired) electrons. The second-order valence-corrected chi connectivity index (χ2v) is 6.17. The first-order valence-electron chi connectivity index (χ1n) is 5.70. The van der Waals surface area contributed by atoms with E-state index in [1.54, 1.807) is 6.08 Å². The molecule has 0 fully saturated rings. The molecular formula is C13H19O2P. The minimum atomic E-state index is -3.07. The van der Waals surface area contributed by atoms with Gasteiger partial charge in [-0.05, 0) is 18.1 Å². The van der Waals surface area contributed by atoms with E-state index < -0.39 is 7.37 Å². The molecule has 0 aliphatic heterocycles. The number of hydrogen-bond acceptors (Lipinski definition) is 1. The molecule has 0 amide bonds. The van der Waals surface area contributed by atoms with Gasteiger partial charge in [-0.3, -0.25) is 4.57 Å². The Morgan fingerprint density at radius 3 is 2.56 bits per heavy atom. The second kappa shape index (κ2) is 6.67. The Bertz CT molecular complexity index is 371. The van der Waals surface area contributed by atoms with Crippen LogP contribution in [0.4, 0.5) is 0 Å². The predicted octanol–water partition coefficient (Wildman–Crippen LogP) is 4.12. The molecule has 3 heteroatoms. The average Bonchev–Trinajstić information content (AvgIpc) is 2.28. The first kappa shape index (κ1) is 13.2. The molecule has 1 rings (SSSR count). The smallest absolute Gasteiger partial charge is 0.222 e. The maximum absolute atomic E-state index is 11.7. The van der Waals surface area contributed by atoms with Crippen LogP contribution in [0.2, 0.25) is 0 Å². The van der Waals surface area contributed by atoms with Crippen molar-refractivity contribution in [3.63, 3.8) is 0 Å². The number of rotatable bonds is 6. The number of hydrogen-bond donors (Lipinski definition) is 1. The lowest BCUT2D eigenvalue weighted by Gasteiger charge is -2.05. The van der Waals surface area contributed by atoms with E-state index in [2.05, 4.69) is 6.92 Å². The van der Waals surface area contributed by atoms with Crippen LogP contribution in [0.15, 0.2) is 36.1 Å². The van der Waals surface area contributed by atoms with Gasteiger partial charge in [-0.2, -0.15) is 0 Å². The van der Waals surface area contributed by atoms with Crippen LogP contribution in [-0.4, -0.2) is 11.1 Å². The van der Waals surface area contributed by atoms with Gasteiger partial charge >= 0.3 is 0 Å². The highest BCUT2D eigenvalue weighted by Gasteiger charge is 2.12. The highest BCUT2D eigenvalue weighted by Crippen LogP contribution is 2.43. The minimum absolute atomic E-state index is 0.393. The molecule has 16 heavy (non-hydrogen) atoms. The molecule has 0 aromatic heterocycles.